The molecule has 3 aromatic rings. The molecule has 41 heavy (non-hydrogen) atoms. The zero-order valence-electron chi connectivity index (χ0n) is 22.3. The topological polar surface area (TPSA) is 139 Å². The summed E-state index contributed by atoms with van der Waals surface area (Å²) in [5.41, 5.74) is 1.56. The van der Waals surface area contributed by atoms with Crippen molar-refractivity contribution < 1.29 is 28.2 Å². The van der Waals surface area contributed by atoms with Crippen LogP contribution in [-0.2, 0) is 22.6 Å². The highest BCUT2D eigenvalue weighted by Gasteiger charge is 2.58. The summed E-state index contributed by atoms with van der Waals surface area (Å²) in [4.78, 5) is 27.3. The van der Waals surface area contributed by atoms with Crippen molar-refractivity contribution >= 4 is 23.2 Å². The smallest absolute Gasteiger partial charge is 0.392 e. The number of carboxylic acid groups (broad SMARTS) is 1. The number of nitrogens with zero attached hydrogens (tertiary/aromatic N) is 6. The number of aromatic carboxylic acids is 1. The van der Waals surface area contributed by atoms with Gasteiger partial charge in [0.25, 0.3) is 0 Å². The Morgan fingerprint density at radius 3 is 2.83 bits per heavy atom. The molecule has 3 atom stereocenters. The van der Waals surface area contributed by atoms with Gasteiger partial charge in [0.2, 0.25) is 11.4 Å². The monoisotopic (exact) mass is 560 g/mol. The number of benzene rings is 1. The number of piperidine rings is 1. The van der Waals surface area contributed by atoms with Crippen molar-refractivity contribution in [3.8, 4) is 6.07 Å². The number of fused-ring (bicyclic) bond motifs is 1. The van der Waals surface area contributed by atoms with Gasteiger partial charge in [-0.05, 0) is 49.3 Å². The summed E-state index contributed by atoms with van der Waals surface area (Å²) in [5.74, 6) is 0.0313. The maximum atomic E-state index is 14.3. The number of nitriles is 1. The number of halogens is 1. The molecule has 0 amide bonds. The largest absolute Gasteiger partial charge is 0.474 e. The summed E-state index contributed by atoms with van der Waals surface area (Å²) >= 11 is 0. The Labute approximate surface area is 234 Å². The average Bonchev–Trinajstić information content (AvgIpc) is 3.30. The molecule has 0 bridgehead atoms. The van der Waals surface area contributed by atoms with Crippen molar-refractivity contribution in [2.24, 2.45) is 10.4 Å². The maximum absolute atomic E-state index is 14.3. The Hall–Kier alpha value is -4.08. The van der Waals surface area contributed by atoms with Gasteiger partial charge in [-0.1, -0.05) is 12.1 Å². The lowest BCUT2D eigenvalue weighted by molar-refractivity contribution is -0.0594. The van der Waals surface area contributed by atoms with E-state index in [1.807, 2.05) is 22.8 Å². The molecule has 2 aromatic heterocycles. The number of ether oxygens (including phenoxy) is 2. The number of likely N-dealkylation sites (tertiary alicyclic amines) is 1. The van der Waals surface area contributed by atoms with Crippen LogP contribution in [0.15, 0.2) is 39.8 Å². The summed E-state index contributed by atoms with van der Waals surface area (Å²) in [6, 6.07) is 6.32. The number of rotatable bonds is 7. The fourth-order valence-corrected chi connectivity index (χ4v) is 6.18. The van der Waals surface area contributed by atoms with E-state index < -0.39 is 18.0 Å². The third kappa shape index (κ3) is 4.79. The lowest BCUT2D eigenvalue weighted by atomic mass is 9.90. The first-order valence-corrected chi connectivity index (χ1v) is 13.9. The number of hydrogen-bond acceptors (Lipinski definition) is 9. The number of amidine groups is 1. The van der Waals surface area contributed by atoms with Crippen LogP contribution in [0.3, 0.4) is 0 Å². The zero-order chi connectivity index (χ0) is 28.1. The first kappa shape index (κ1) is 25.9. The van der Waals surface area contributed by atoms with Crippen LogP contribution in [0.25, 0.3) is 11.4 Å². The van der Waals surface area contributed by atoms with Crippen LogP contribution in [-0.4, -0.2) is 68.4 Å². The average molecular weight is 561 g/mol. The van der Waals surface area contributed by atoms with E-state index in [2.05, 4.69) is 9.88 Å². The van der Waals surface area contributed by atoms with Gasteiger partial charge in [0.1, 0.15) is 17.5 Å². The Morgan fingerprint density at radius 2 is 2.12 bits per heavy atom. The van der Waals surface area contributed by atoms with Crippen molar-refractivity contribution in [1.82, 2.24) is 19.4 Å². The minimum Gasteiger partial charge on any atom is -0.474 e. The second kappa shape index (κ2) is 10.1. The van der Waals surface area contributed by atoms with Crippen molar-refractivity contribution in [1.29, 1.82) is 5.26 Å². The van der Waals surface area contributed by atoms with E-state index in [1.54, 1.807) is 12.1 Å². The van der Waals surface area contributed by atoms with Crippen molar-refractivity contribution in [3.63, 3.8) is 0 Å². The molecule has 7 rings (SSSR count). The Bertz CT molecular complexity index is 1610. The van der Waals surface area contributed by atoms with E-state index in [9.17, 15) is 14.3 Å². The molecule has 1 saturated carbocycles. The molecule has 1 aliphatic carbocycles. The van der Waals surface area contributed by atoms with E-state index in [4.69, 9.17) is 29.1 Å². The molecule has 1 aromatic carbocycles. The number of aliphatic imine (C=N–C) groups is 1. The van der Waals surface area contributed by atoms with Gasteiger partial charge in [-0.3, -0.25) is 4.57 Å². The number of carboxylic acids is 1. The predicted octanol–water partition coefficient (Wildman–Crippen LogP) is 3.99. The maximum Gasteiger partial charge on any atom is 0.392 e. The van der Waals surface area contributed by atoms with Gasteiger partial charge in [-0.2, -0.15) is 10.2 Å². The van der Waals surface area contributed by atoms with Gasteiger partial charge in [-0.25, -0.2) is 19.2 Å². The molecular weight excluding hydrogens is 531 g/mol. The van der Waals surface area contributed by atoms with Crippen molar-refractivity contribution in [2.45, 2.75) is 63.5 Å². The van der Waals surface area contributed by atoms with Crippen LogP contribution in [0.1, 0.15) is 65.7 Å². The highest BCUT2D eigenvalue weighted by atomic mass is 19.1. The fraction of sp³-hybridized carbons (Fsp3) is 0.483. The van der Waals surface area contributed by atoms with Gasteiger partial charge in [0, 0.05) is 37.6 Å². The highest BCUT2D eigenvalue weighted by molar-refractivity contribution is 5.93. The van der Waals surface area contributed by atoms with Gasteiger partial charge >= 0.3 is 11.9 Å². The Kier molecular flexibility index (Phi) is 6.36. The number of oxazole rings is 1. The lowest BCUT2D eigenvalue weighted by Gasteiger charge is -2.35. The van der Waals surface area contributed by atoms with Gasteiger partial charge in [0.05, 0.1) is 30.9 Å². The third-order valence-corrected chi connectivity index (χ3v) is 8.78. The fourth-order valence-electron chi connectivity index (χ4n) is 6.18. The van der Waals surface area contributed by atoms with Gasteiger partial charge in [0.15, 0.2) is 6.23 Å². The molecule has 12 heteroatoms. The summed E-state index contributed by atoms with van der Waals surface area (Å²) in [6.45, 7) is 3.09. The van der Waals surface area contributed by atoms with Crippen LogP contribution >= 0.6 is 0 Å². The molecule has 3 unspecified atom stereocenters. The molecular formula is C29H29FN6O5. The van der Waals surface area contributed by atoms with E-state index in [1.165, 1.54) is 6.07 Å². The SMILES string of the molecule is N#Cc1ccc(COC2CC=CC(N3CCC4(CC3)CC4c3nc4nc(C(=O)O)oc4n3CC3CCO3)=N2)c(F)c1. The molecule has 11 nitrogen and oxygen atoms in total. The first-order valence-electron chi connectivity index (χ1n) is 13.9. The second-order valence-corrected chi connectivity index (χ2v) is 11.2. The van der Waals surface area contributed by atoms with Crippen LogP contribution < -0.4 is 0 Å². The second-order valence-electron chi connectivity index (χ2n) is 11.2. The van der Waals surface area contributed by atoms with Crippen LogP contribution in [0.5, 0.6) is 0 Å². The summed E-state index contributed by atoms with van der Waals surface area (Å²) in [5, 5.41) is 18.3. The highest BCUT2D eigenvalue weighted by Crippen LogP contribution is 2.65. The summed E-state index contributed by atoms with van der Waals surface area (Å²) in [7, 11) is 0. The number of dihydropyridines is 1. The molecule has 4 aliphatic rings. The minimum absolute atomic E-state index is 0.0701. The molecule has 1 spiro atoms. The molecule has 3 fully saturated rings. The van der Waals surface area contributed by atoms with E-state index in [-0.39, 0.29) is 35.5 Å². The molecule has 2 saturated heterocycles. The molecule has 0 radical (unpaired) electrons. The zero-order valence-corrected chi connectivity index (χ0v) is 22.3. The standard InChI is InChI=1S/C29H29FN6O5/c30-21-12-17(14-31)4-5-18(21)16-40-23-3-1-2-22(32-23)35-9-7-29(8-10-35)13-20(29)25-33-24-27(41-26(34-24)28(37)38)36(25)15-19-6-11-39-19/h1-2,4-5,12,19-20,23H,3,6-11,13,15-16H2,(H,37,38). The van der Waals surface area contributed by atoms with Crippen molar-refractivity contribution in [3.05, 3.63) is 59.0 Å². The molecule has 5 heterocycles. The predicted molar refractivity (Wildman–Crippen MR) is 143 cm³/mol. The number of imidazole rings is 1. The third-order valence-electron chi connectivity index (χ3n) is 8.78. The van der Waals surface area contributed by atoms with Gasteiger partial charge in [-0.15, -0.1) is 0 Å². The van der Waals surface area contributed by atoms with Crippen LogP contribution in [0, 0.1) is 22.6 Å². The minimum atomic E-state index is -1.21. The molecule has 3 aliphatic heterocycles. The Balaban J connectivity index is 1.01. The van der Waals surface area contributed by atoms with Crippen molar-refractivity contribution in [2.75, 3.05) is 19.7 Å². The normalized spacial score (nSPS) is 24.7. The molecule has 1 N–H and O–H groups in total. The number of aromatic nitrogens is 3. The Morgan fingerprint density at radius 1 is 1.29 bits per heavy atom. The van der Waals surface area contributed by atoms with E-state index in [0.717, 1.165) is 57.0 Å². The van der Waals surface area contributed by atoms with Crippen LogP contribution in [0.4, 0.5) is 4.39 Å². The summed E-state index contributed by atoms with van der Waals surface area (Å²) in [6.07, 6.45) is 8.29. The van der Waals surface area contributed by atoms with E-state index in [0.29, 0.717) is 29.9 Å². The van der Waals surface area contributed by atoms with Gasteiger partial charge < -0.3 is 23.9 Å². The first-order chi connectivity index (χ1) is 19.9. The van der Waals surface area contributed by atoms with Crippen LogP contribution in [0.2, 0.25) is 0 Å². The molecule has 212 valence electrons. The number of carbonyl (C=O) groups is 1. The number of hydrogen-bond donors (Lipinski definition) is 1. The quantitative estimate of drug-likeness (QED) is 0.454. The summed E-state index contributed by atoms with van der Waals surface area (Å²) < 4.78 is 33.4. The lowest BCUT2D eigenvalue weighted by Crippen LogP contribution is -2.40. The van der Waals surface area contributed by atoms with E-state index >= 15 is 0 Å².